The lowest BCUT2D eigenvalue weighted by molar-refractivity contribution is -0.133. The highest BCUT2D eigenvalue weighted by molar-refractivity contribution is 5.86. The van der Waals surface area contributed by atoms with Gasteiger partial charge >= 0.3 is 0 Å². The predicted octanol–water partition coefficient (Wildman–Crippen LogP) is 2.72. The summed E-state index contributed by atoms with van der Waals surface area (Å²) in [6, 6.07) is -0.263. The molecule has 0 amide bonds. The summed E-state index contributed by atoms with van der Waals surface area (Å²) in [6.45, 7) is 11.7. The van der Waals surface area contributed by atoms with Gasteiger partial charge in [0.25, 0.3) is 0 Å². The SMILES string of the molecule is CO/N=C(\C)CC[C@@H](C)[C@@H](O)[C@@H](C(=O)C(C)C)N(C)C(C)C. The summed E-state index contributed by atoms with van der Waals surface area (Å²) < 4.78 is 0. The van der Waals surface area contributed by atoms with E-state index in [0.717, 1.165) is 18.6 Å². The maximum absolute atomic E-state index is 12.5. The van der Waals surface area contributed by atoms with Crippen LogP contribution in [0.2, 0.25) is 0 Å². The van der Waals surface area contributed by atoms with Gasteiger partial charge in [-0.25, -0.2) is 0 Å². The highest BCUT2D eigenvalue weighted by atomic mass is 16.6. The van der Waals surface area contributed by atoms with E-state index >= 15 is 0 Å². The maximum Gasteiger partial charge on any atom is 0.155 e. The van der Waals surface area contributed by atoms with E-state index in [1.807, 2.05) is 53.5 Å². The molecule has 0 radical (unpaired) electrons. The van der Waals surface area contributed by atoms with Crippen LogP contribution in [0.3, 0.4) is 0 Å². The van der Waals surface area contributed by atoms with Gasteiger partial charge in [-0.15, -0.1) is 0 Å². The van der Waals surface area contributed by atoms with E-state index in [4.69, 9.17) is 4.84 Å². The maximum atomic E-state index is 12.5. The summed E-state index contributed by atoms with van der Waals surface area (Å²) in [5.74, 6) is 0.0126. The van der Waals surface area contributed by atoms with Crippen LogP contribution in [0.4, 0.5) is 0 Å². The smallest absolute Gasteiger partial charge is 0.155 e. The van der Waals surface area contributed by atoms with E-state index < -0.39 is 12.1 Å². The molecule has 0 aromatic heterocycles. The minimum absolute atomic E-state index is 0.0101. The van der Waals surface area contributed by atoms with E-state index in [1.54, 1.807) is 0 Å². The van der Waals surface area contributed by atoms with E-state index in [0.29, 0.717) is 0 Å². The van der Waals surface area contributed by atoms with Crippen LogP contribution in [0.5, 0.6) is 0 Å². The van der Waals surface area contributed by atoms with Crippen molar-refractivity contribution in [2.75, 3.05) is 14.2 Å². The molecule has 0 aliphatic carbocycles. The fourth-order valence-electron chi connectivity index (χ4n) is 2.39. The number of carbonyl (C=O) groups excluding carboxylic acids is 1. The second-order valence-electron chi connectivity index (χ2n) is 6.78. The summed E-state index contributed by atoms with van der Waals surface area (Å²) in [4.78, 5) is 19.2. The monoisotopic (exact) mass is 314 g/mol. The van der Waals surface area contributed by atoms with Gasteiger partial charge in [-0.2, -0.15) is 0 Å². The third-order valence-electron chi connectivity index (χ3n) is 4.23. The third-order valence-corrected chi connectivity index (χ3v) is 4.23. The summed E-state index contributed by atoms with van der Waals surface area (Å²) >= 11 is 0. The molecule has 0 rings (SSSR count). The number of oxime groups is 1. The molecule has 1 N–H and O–H groups in total. The Morgan fingerprint density at radius 1 is 1.23 bits per heavy atom. The molecule has 0 aliphatic rings. The minimum atomic E-state index is -0.683. The highest BCUT2D eigenvalue weighted by Crippen LogP contribution is 2.21. The van der Waals surface area contributed by atoms with Crippen molar-refractivity contribution >= 4 is 11.5 Å². The van der Waals surface area contributed by atoms with Crippen LogP contribution >= 0.6 is 0 Å². The molecule has 0 saturated carbocycles. The fraction of sp³-hybridized carbons (Fsp3) is 0.882. The standard InChI is InChI=1S/C17H34N2O3/c1-11(2)16(20)15(19(7)12(3)4)17(21)13(5)9-10-14(6)18-22-8/h11-13,15,17,21H,9-10H2,1-8H3/b18-14+/t13-,15-,17-/m1/s1. The van der Waals surface area contributed by atoms with Gasteiger partial charge in [0.15, 0.2) is 5.78 Å². The number of hydrogen-bond acceptors (Lipinski definition) is 5. The van der Waals surface area contributed by atoms with E-state index in [-0.39, 0.29) is 23.7 Å². The van der Waals surface area contributed by atoms with Crippen LogP contribution in [-0.2, 0) is 9.63 Å². The summed E-state index contributed by atoms with van der Waals surface area (Å²) in [5, 5.41) is 14.6. The van der Waals surface area contributed by atoms with Gasteiger partial charge in [0.1, 0.15) is 7.11 Å². The number of aliphatic hydroxyl groups excluding tert-OH is 1. The van der Waals surface area contributed by atoms with Crippen LogP contribution < -0.4 is 0 Å². The topological polar surface area (TPSA) is 62.1 Å². The van der Waals surface area contributed by atoms with E-state index in [1.165, 1.54) is 7.11 Å². The van der Waals surface area contributed by atoms with Gasteiger partial charge < -0.3 is 9.94 Å². The normalized spacial score (nSPS) is 17.0. The molecular weight excluding hydrogens is 280 g/mol. The Kier molecular flexibility index (Phi) is 9.53. The second kappa shape index (κ2) is 9.95. The van der Waals surface area contributed by atoms with Crippen molar-refractivity contribution in [1.82, 2.24) is 4.90 Å². The lowest BCUT2D eigenvalue weighted by Gasteiger charge is -2.37. The molecule has 130 valence electrons. The summed E-state index contributed by atoms with van der Waals surface area (Å²) in [5.41, 5.74) is 0.894. The predicted molar refractivity (Wildman–Crippen MR) is 91.1 cm³/mol. The molecule has 0 spiro atoms. The van der Waals surface area contributed by atoms with Crippen molar-refractivity contribution in [1.29, 1.82) is 0 Å². The number of hydrogen-bond donors (Lipinski definition) is 1. The summed E-state index contributed by atoms with van der Waals surface area (Å²) in [7, 11) is 3.43. The Labute approximate surface area is 135 Å². The lowest BCUT2D eigenvalue weighted by Crippen LogP contribution is -2.53. The number of likely N-dealkylation sites (N-methyl/N-ethyl adjacent to an activating group) is 1. The number of carbonyl (C=O) groups is 1. The number of rotatable bonds is 10. The molecule has 0 aliphatic heterocycles. The van der Waals surface area contributed by atoms with Gasteiger partial charge in [0.2, 0.25) is 0 Å². The van der Waals surface area contributed by atoms with Crippen LogP contribution in [0.1, 0.15) is 54.4 Å². The van der Waals surface area contributed by atoms with E-state index in [9.17, 15) is 9.90 Å². The average molecular weight is 314 g/mol. The highest BCUT2D eigenvalue weighted by Gasteiger charge is 2.35. The van der Waals surface area contributed by atoms with Crippen LogP contribution in [-0.4, -0.2) is 53.8 Å². The first-order chi connectivity index (χ1) is 10.1. The van der Waals surface area contributed by atoms with Crippen LogP contribution in [0.25, 0.3) is 0 Å². The fourth-order valence-corrected chi connectivity index (χ4v) is 2.39. The van der Waals surface area contributed by atoms with Crippen LogP contribution in [0, 0.1) is 11.8 Å². The molecule has 5 heteroatoms. The quantitative estimate of drug-likeness (QED) is 0.497. The van der Waals surface area contributed by atoms with Crippen molar-refractivity contribution < 1.29 is 14.7 Å². The van der Waals surface area contributed by atoms with Crippen molar-refractivity contribution in [3.63, 3.8) is 0 Å². The van der Waals surface area contributed by atoms with E-state index in [2.05, 4.69) is 5.16 Å². The first-order valence-corrected chi connectivity index (χ1v) is 8.13. The Morgan fingerprint density at radius 3 is 2.18 bits per heavy atom. The molecular formula is C17H34N2O3. The number of aliphatic hydroxyl groups is 1. The first-order valence-electron chi connectivity index (χ1n) is 8.13. The first kappa shape index (κ1) is 21.1. The summed E-state index contributed by atoms with van der Waals surface area (Å²) in [6.07, 6.45) is 0.839. The van der Waals surface area contributed by atoms with Gasteiger partial charge in [-0.05, 0) is 46.6 Å². The van der Waals surface area contributed by atoms with Crippen molar-refractivity contribution in [2.45, 2.75) is 72.6 Å². The number of nitrogens with zero attached hydrogens (tertiary/aromatic N) is 2. The molecule has 0 unspecified atom stereocenters. The molecule has 0 aromatic carbocycles. The number of Topliss-reactive ketones (excluding diaryl/α,β-unsaturated/α-hetero) is 1. The zero-order valence-electron chi connectivity index (χ0n) is 15.5. The molecule has 0 bridgehead atoms. The largest absolute Gasteiger partial charge is 0.399 e. The molecule has 0 aromatic rings. The van der Waals surface area contributed by atoms with Crippen molar-refractivity contribution in [3.8, 4) is 0 Å². The zero-order chi connectivity index (χ0) is 17.4. The third kappa shape index (κ3) is 6.44. The molecule has 5 nitrogen and oxygen atoms in total. The zero-order valence-corrected chi connectivity index (χ0v) is 15.5. The van der Waals surface area contributed by atoms with Gasteiger partial charge in [-0.1, -0.05) is 25.9 Å². The average Bonchev–Trinajstić information content (AvgIpc) is 2.44. The van der Waals surface area contributed by atoms with Gasteiger partial charge in [-0.3, -0.25) is 9.69 Å². The molecule has 0 heterocycles. The van der Waals surface area contributed by atoms with Crippen molar-refractivity contribution in [2.24, 2.45) is 17.0 Å². The Balaban J connectivity index is 4.98. The van der Waals surface area contributed by atoms with Crippen molar-refractivity contribution in [3.05, 3.63) is 0 Å². The molecule has 3 atom stereocenters. The number of ketones is 1. The minimum Gasteiger partial charge on any atom is -0.399 e. The lowest BCUT2D eigenvalue weighted by atomic mass is 9.86. The Hall–Kier alpha value is -0.940. The Morgan fingerprint density at radius 2 is 1.77 bits per heavy atom. The van der Waals surface area contributed by atoms with Gasteiger partial charge in [0.05, 0.1) is 17.9 Å². The Bertz CT molecular complexity index is 367. The molecule has 22 heavy (non-hydrogen) atoms. The van der Waals surface area contributed by atoms with Gasteiger partial charge in [0, 0.05) is 12.0 Å². The van der Waals surface area contributed by atoms with Crippen LogP contribution in [0.15, 0.2) is 5.16 Å². The second-order valence-corrected chi connectivity index (χ2v) is 6.78. The molecule has 0 saturated heterocycles. The molecule has 0 fully saturated rings.